The smallest absolute Gasteiger partial charge is 0.264 e. The van der Waals surface area contributed by atoms with Crippen LogP contribution in [0.25, 0.3) is 0 Å². The van der Waals surface area contributed by atoms with E-state index in [0.717, 1.165) is 4.88 Å². The van der Waals surface area contributed by atoms with Crippen LogP contribution in [0.4, 0.5) is 0 Å². The van der Waals surface area contributed by atoms with Gasteiger partial charge in [-0.3, -0.25) is 4.79 Å². The van der Waals surface area contributed by atoms with Gasteiger partial charge in [0.2, 0.25) is 0 Å². The van der Waals surface area contributed by atoms with E-state index >= 15 is 0 Å². The van der Waals surface area contributed by atoms with Crippen LogP contribution in [0.5, 0.6) is 0 Å². The zero-order chi connectivity index (χ0) is 9.47. The van der Waals surface area contributed by atoms with Crippen LogP contribution in [0, 0.1) is 0 Å². The first-order chi connectivity index (χ1) is 6.08. The normalized spacial score (nSPS) is 19.7. The van der Waals surface area contributed by atoms with Gasteiger partial charge in [-0.2, -0.15) is 0 Å². The van der Waals surface area contributed by atoms with Crippen LogP contribution >= 0.6 is 11.3 Å². The van der Waals surface area contributed by atoms with Gasteiger partial charge in [-0.15, -0.1) is 11.3 Å². The van der Waals surface area contributed by atoms with Crippen molar-refractivity contribution in [2.24, 2.45) is 0 Å². The summed E-state index contributed by atoms with van der Waals surface area (Å²) in [7, 11) is 0. The van der Waals surface area contributed by atoms with E-state index in [4.69, 9.17) is 0 Å². The van der Waals surface area contributed by atoms with Crippen molar-refractivity contribution >= 4 is 17.2 Å². The number of likely N-dealkylation sites (tertiary alicyclic amines) is 1. The predicted octanol–water partition coefficient (Wildman–Crippen LogP) is 0.955. The van der Waals surface area contributed by atoms with Gasteiger partial charge in [0.25, 0.3) is 5.91 Å². The lowest BCUT2D eigenvalue weighted by Gasteiger charge is -2.43. The average molecular weight is 197 g/mol. The van der Waals surface area contributed by atoms with Crippen LogP contribution < -0.4 is 0 Å². The largest absolute Gasteiger partial charge is 0.386 e. The Morgan fingerprint density at radius 2 is 2.38 bits per heavy atom. The first-order valence-electron chi connectivity index (χ1n) is 4.14. The third-order valence-corrected chi connectivity index (χ3v) is 2.94. The topological polar surface area (TPSA) is 40.5 Å². The molecule has 1 fully saturated rings. The lowest BCUT2D eigenvalue weighted by atomic mass is 9.97. The fraction of sp³-hybridized carbons (Fsp3) is 0.444. The number of carbonyl (C=O) groups is 1. The van der Waals surface area contributed by atoms with Crippen molar-refractivity contribution in [2.45, 2.75) is 12.5 Å². The van der Waals surface area contributed by atoms with Gasteiger partial charge in [-0.1, -0.05) is 6.07 Å². The Hall–Kier alpha value is -0.870. The van der Waals surface area contributed by atoms with Crippen LogP contribution in [0.3, 0.4) is 0 Å². The molecular formula is C9H11NO2S. The van der Waals surface area contributed by atoms with Gasteiger partial charge < -0.3 is 10.0 Å². The fourth-order valence-electron chi connectivity index (χ4n) is 1.48. The summed E-state index contributed by atoms with van der Waals surface area (Å²) in [5, 5.41) is 11.3. The number of carbonyl (C=O) groups excluding carboxylic acids is 1. The van der Waals surface area contributed by atoms with Crippen molar-refractivity contribution in [2.75, 3.05) is 13.1 Å². The van der Waals surface area contributed by atoms with E-state index in [-0.39, 0.29) is 5.91 Å². The Morgan fingerprint density at radius 3 is 2.85 bits per heavy atom. The number of rotatable bonds is 1. The first-order valence-corrected chi connectivity index (χ1v) is 5.02. The number of thiophene rings is 1. The van der Waals surface area contributed by atoms with E-state index in [1.165, 1.54) is 11.3 Å². The van der Waals surface area contributed by atoms with Gasteiger partial charge in [0.05, 0.1) is 23.6 Å². The quantitative estimate of drug-likeness (QED) is 0.728. The van der Waals surface area contributed by atoms with E-state index in [9.17, 15) is 9.90 Å². The lowest BCUT2D eigenvalue weighted by Crippen LogP contribution is -2.61. The Balaban J connectivity index is 2.02. The van der Waals surface area contributed by atoms with Crippen LogP contribution in [-0.4, -0.2) is 34.6 Å². The summed E-state index contributed by atoms with van der Waals surface area (Å²) in [5.41, 5.74) is -0.674. The van der Waals surface area contributed by atoms with Crippen LogP contribution in [0.15, 0.2) is 17.5 Å². The molecule has 1 aromatic rings. The number of nitrogens with zero attached hydrogens (tertiary/aromatic N) is 1. The maximum atomic E-state index is 11.6. The van der Waals surface area contributed by atoms with Crippen molar-refractivity contribution in [3.05, 3.63) is 22.4 Å². The van der Waals surface area contributed by atoms with Crippen molar-refractivity contribution < 1.29 is 9.90 Å². The molecule has 0 radical (unpaired) electrons. The molecule has 13 heavy (non-hydrogen) atoms. The van der Waals surface area contributed by atoms with Crippen molar-refractivity contribution in [3.63, 3.8) is 0 Å². The zero-order valence-electron chi connectivity index (χ0n) is 7.36. The maximum Gasteiger partial charge on any atom is 0.264 e. The third kappa shape index (κ3) is 1.59. The lowest BCUT2D eigenvalue weighted by molar-refractivity contribution is -0.0667. The molecular weight excluding hydrogens is 186 g/mol. The van der Waals surface area contributed by atoms with E-state index in [2.05, 4.69) is 0 Å². The second-order valence-electron chi connectivity index (χ2n) is 3.64. The minimum atomic E-state index is -0.674. The monoisotopic (exact) mass is 197 g/mol. The highest BCUT2D eigenvalue weighted by molar-refractivity contribution is 7.12. The molecule has 0 atom stereocenters. The number of β-amino-alcohol motifs (C(OH)–C–C–N with tert-alkyl or cyclic N) is 1. The number of hydrogen-bond donors (Lipinski definition) is 1. The van der Waals surface area contributed by atoms with Gasteiger partial charge in [0.1, 0.15) is 0 Å². The Bertz CT molecular complexity index is 310. The zero-order valence-corrected chi connectivity index (χ0v) is 8.17. The summed E-state index contributed by atoms with van der Waals surface area (Å²) in [6.07, 6.45) is 0. The van der Waals surface area contributed by atoms with E-state index in [1.807, 2.05) is 11.4 Å². The molecule has 1 N–H and O–H groups in total. The summed E-state index contributed by atoms with van der Waals surface area (Å²) in [6.45, 7) is 2.64. The SMILES string of the molecule is CC1(O)CN(C(=O)c2cccs2)C1. The highest BCUT2D eigenvalue weighted by Gasteiger charge is 2.39. The Labute approximate surface area is 80.6 Å². The summed E-state index contributed by atoms with van der Waals surface area (Å²) in [6, 6.07) is 3.66. The van der Waals surface area contributed by atoms with Gasteiger partial charge in [-0.05, 0) is 18.4 Å². The summed E-state index contributed by atoms with van der Waals surface area (Å²) in [4.78, 5) is 14.0. The molecule has 1 amide bonds. The highest BCUT2D eigenvalue weighted by atomic mass is 32.1. The standard InChI is InChI=1S/C9H11NO2S/c1-9(12)5-10(6-9)8(11)7-3-2-4-13-7/h2-4,12H,5-6H2,1H3. The molecule has 70 valence electrons. The third-order valence-electron chi connectivity index (χ3n) is 2.08. The van der Waals surface area contributed by atoms with Crippen LogP contribution in [-0.2, 0) is 0 Å². The first kappa shape index (κ1) is 8.72. The second-order valence-corrected chi connectivity index (χ2v) is 4.58. The van der Waals surface area contributed by atoms with E-state index in [0.29, 0.717) is 13.1 Å². The molecule has 1 aliphatic heterocycles. The predicted molar refractivity (Wildman–Crippen MR) is 50.8 cm³/mol. The average Bonchev–Trinajstić information content (AvgIpc) is 2.50. The molecule has 3 nitrogen and oxygen atoms in total. The molecule has 1 saturated heterocycles. The molecule has 1 aromatic heterocycles. The minimum Gasteiger partial charge on any atom is -0.386 e. The molecule has 0 unspecified atom stereocenters. The summed E-state index contributed by atoms with van der Waals surface area (Å²) in [5.74, 6) is 0.0292. The highest BCUT2D eigenvalue weighted by Crippen LogP contribution is 2.23. The van der Waals surface area contributed by atoms with Crippen molar-refractivity contribution in [1.82, 2.24) is 4.90 Å². The number of amides is 1. The Morgan fingerprint density at radius 1 is 1.69 bits per heavy atom. The minimum absolute atomic E-state index is 0.0292. The van der Waals surface area contributed by atoms with Crippen molar-refractivity contribution in [3.8, 4) is 0 Å². The van der Waals surface area contributed by atoms with Gasteiger partial charge in [0.15, 0.2) is 0 Å². The summed E-state index contributed by atoms with van der Waals surface area (Å²) < 4.78 is 0. The molecule has 2 rings (SSSR count). The van der Waals surface area contributed by atoms with Crippen LogP contribution in [0.2, 0.25) is 0 Å². The van der Waals surface area contributed by atoms with Gasteiger partial charge in [0, 0.05) is 0 Å². The molecule has 2 heterocycles. The molecule has 0 saturated carbocycles. The van der Waals surface area contributed by atoms with Gasteiger partial charge >= 0.3 is 0 Å². The van der Waals surface area contributed by atoms with E-state index in [1.54, 1.807) is 17.9 Å². The number of aliphatic hydroxyl groups is 1. The number of hydrogen-bond acceptors (Lipinski definition) is 3. The molecule has 0 aliphatic carbocycles. The Kier molecular flexibility index (Phi) is 1.89. The molecule has 4 heteroatoms. The second kappa shape index (κ2) is 2.82. The summed E-state index contributed by atoms with van der Waals surface area (Å²) >= 11 is 1.44. The van der Waals surface area contributed by atoms with Gasteiger partial charge in [-0.25, -0.2) is 0 Å². The van der Waals surface area contributed by atoms with Crippen LogP contribution in [0.1, 0.15) is 16.6 Å². The fourth-order valence-corrected chi connectivity index (χ4v) is 2.17. The molecule has 0 bridgehead atoms. The molecule has 0 spiro atoms. The molecule has 0 aromatic carbocycles. The van der Waals surface area contributed by atoms with Crippen molar-refractivity contribution in [1.29, 1.82) is 0 Å². The molecule has 1 aliphatic rings. The maximum absolute atomic E-state index is 11.6. The van der Waals surface area contributed by atoms with E-state index < -0.39 is 5.60 Å².